The van der Waals surface area contributed by atoms with Crippen LogP contribution in [-0.4, -0.2) is 42.6 Å². The van der Waals surface area contributed by atoms with Gasteiger partial charge in [0.15, 0.2) is 5.78 Å². The summed E-state index contributed by atoms with van der Waals surface area (Å²) in [6.07, 6.45) is 1.42. The van der Waals surface area contributed by atoms with E-state index in [2.05, 4.69) is 31.1 Å². The topological polar surface area (TPSA) is 131 Å². The van der Waals surface area contributed by atoms with Gasteiger partial charge in [-0.3, -0.25) is 14.4 Å². The maximum atomic E-state index is 13.5. The number of fused-ring (bicyclic) bond motifs is 2. The minimum absolute atomic E-state index is 0.00388. The second kappa shape index (κ2) is 9.49. The van der Waals surface area contributed by atoms with Crippen molar-refractivity contribution < 1.29 is 18.8 Å². The largest absolute Gasteiger partial charge is 0.347 e. The summed E-state index contributed by atoms with van der Waals surface area (Å²) in [7, 11) is 0. The molecule has 0 radical (unpaired) electrons. The highest BCUT2D eigenvalue weighted by Gasteiger charge is 2.28. The molecule has 2 amide bonds. The summed E-state index contributed by atoms with van der Waals surface area (Å²) in [5.41, 5.74) is 4.87. The number of nitrogens with zero attached hydrogens (tertiary/aromatic N) is 5. The molecule has 188 valence electrons. The molecule has 4 aromatic rings. The number of hydrogen-bond acceptors (Lipinski definition) is 7. The minimum Gasteiger partial charge on any atom is -0.347 e. The molecule has 0 fully saturated rings. The third kappa shape index (κ3) is 4.55. The van der Waals surface area contributed by atoms with E-state index in [1.54, 1.807) is 32.0 Å². The highest BCUT2D eigenvalue weighted by molar-refractivity contribution is 5.98. The van der Waals surface area contributed by atoms with E-state index in [1.807, 2.05) is 13.0 Å². The molecule has 0 saturated heterocycles. The van der Waals surface area contributed by atoms with Gasteiger partial charge in [-0.15, -0.1) is 0 Å². The van der Waals surface area contributed by atoms with E-state index in [4.69, 9.17) is 0 Å². The Morgan fingerprint density at radius 3 is 2.68 bits per heavy atom. The van der Waals surface area contributed by atoms with Crippen molar-refractivity contribution in [3.05, 3.63) is 87.0 Å². The number of rotatable bonds is 6. The normalized spacial score (nSPS) is 14.4. The summed E-state index contributed by atoms with van der Waals surface area (Å²) >= 11 is 0. The zero-order valence-electron chi connectivity index (χ0n) is 20.5. The van der Waals surface area contributed by atoms with E-state index in [0.717, 1.165) is 33.2 Å². The Kier molecular flexibility index (Phi) is 6.20. The molecule has 1 aliphatic rings. The first-order chi connectivity index (χ1) is 17.7. The molecule has 0 unspecified atom stereocenters. The Labute approximate surface area is 211 Å². The number of nitrogens with one attached hydrogen (secondary N) is 2. The molecule has 0 aliphatic heterocycles. The van der Waals surface area contributed by atoms with Gasteiger partial charge in [-0.05, 0) is 77.9 Å². The fourth-order valence-corrected chi connectivity index (χ4v) is 4.75. The third-order valence-corrected chi connectivity index (χ3v) is 6.69. The first kappa shape index (κ1) is 24.2. The average Bonchev–Trinajstić information content (AvgIpc) is 3.51. The van der Waals surface area contributed by atoms with E-state index < -0.39 is 11.8 Å². The number of carbonyl (C=O) groups excluding carboxylic acids is 3. The van der Waals surface area contributed by atoms with Gasteiger partial charge in [0.2, 0.25) is 0 Å². The standard InChI is InChI=1S/C26H24FN7O3/c1-13-10-16(4-8-20(13)27)12-28-25(37)23-11-22(30-26-31-32-33-34(23)26)24(36)29-21-9-7-18-14(2)17(15(3)35)5-6-19(18)21/h4-6,8,10-11,21H,7,9,12H2,1-3H3,(H,28,37)(H,29,36)/t21-/m0/s1. The number of benzene rings is 2. The molecule has 0 bridgehead atoms. The maximum Gasteiger partial charge on any atom is 0.274 e. The van der Waals surface area contributed by atoms with Crippen LogP contribution in [0.2, 0.25) is 0 Å². The molecular formula is C26H24FN7O3. The van der Waals surface area contributed by atoms with Gasteiger partial charge in [0.1, 0.15) is 17.2 Å². The van der Waals surface area contributed by atoms with Crippen molar-refractivity contribution in [2.45, 2.75) is 46.2 Å². The lowest BCUT2D eigenvalue weighted by Crippen LogP contribution is -2.30. The number of aromatic nitrogens is 5. The minimum atomic E-state index is -0.519. The number of aryl methyl sites for hydroxylation is 1. The highest BCUT2D eigenvalue weighted by atomic mass is 19.1. The smallest absolute Gasteiger partial charge is 0.274 e. The van der Waals surface area contributed by atoms with Crippen molar-refractivity contribution in [3.63, 3.8) is 0 Å². The van der Waals surface area contributed by atoms with Crippen LogP contribution in [0.5, 0.6) is 0 Å². The van der Waals surface area contributed by atoms with Crippen LogP contribution < -0.4 is 10.6 Å². The fourth-order valence-electron chi connectivity index (χ4n) is 4.75. The molecule has 1 atom stereocenters. The van der Waals surface area contributed by atoms with Gasteiger partial charge < -0.3 is 10.6 Å². The zero-order valence-corrected chi connectivity index (χ0v) is 20.5. The van der Waals surface area contributed by atoms with Gasteiger partial charge in [0, 0.05) is 18.2 Å². The molecule has 2 heterocycles. The number of hydrogen-bond donors (Lipinski definition) is 2. The van der Waals surface area contributed by atoms with E-state index in [-0.39, 0.29) is 41.4 Å². The van der Waals surface area contributed by atoms with Gasteiger partial charge in [0.25, 0.3) is 17.6 Å². The summed E-state index contributed by atoms with van der Waals surface area (Å²) in [6.45, 7) is 5.25. The molecule has 11 heteroatoms. The zero-order chi connectivity index (χ0) is 26.3. The van der Waals surface area contributed by atoms with Crippen LogP contribution >= 0.6 is 0 Å². The van der Waals surface area contributed by atoms with Gasteiger partial charge in [-0.2, -0.15) is 4.52 Å². The van der Waals surface area contributed by atoms with Gasteiger partial charge in [-0.25, -0.2) is 9.37 Å². The number of halogens is 1. The summed E-state index contributed by atoms with van der Waals surface area (Å²) < 4.78 is 14.7. The van der Waals surface area contributed by atoms with Crippen LogP contribution in [-0.2, 0) is 13.0 Å². The first-order valence-corrected chi connectivity index (χ1v) is 11.8. The second-order valence-corrected chi connectivity index (χ2v) is 9.11. The van der Waals surface area contributed by atoms with Gasteiger partial charge >= 0.3 is 0 Å². The molecule has 10 nitrogen and oxygen atoms in total. The van der Waals surface area contributed by atoms with Crippen LogP contribution in [0.3, 0.4) is 0 Å². The van der Waals surface area contributed by atoms with Crippen molar-refractivity contribution in [3.8, 4) is 0 Å². The molecule has 0 spiro atoms. The number of carbonyl (C=O) groups is 3. The van der Waals surface area contributed by atoms with Crippen molar-refractivity contribution in [1.82, 2.24) is 35.7 Å². The Morgan fingerprint density at radius 1 is 1.11 bits per heavy atom. The molecule has 37 heavy (non-hydrogen) atoms. The molecule has 2 N–H and O–H groups in total. The van der Waals surface area contributed by atoms with Crippen LogP contribution in [0.15, 0.2) is 36.4 Å². The molecular weight excluding hydrogens is 477 g/mol. The van der Waals surface area contributed by atoms with Crippen molar-refractivity contribution in [2.24, 2.45) is 0 Å². The molecule has 1 aliphatic carbocycles. The fraction of sp³-hybridized carbons (Fsp3) is 0.269. The monoisotopic (exact) mass is 501 g/mol. The third-order valence-electron chi connectivity index (χ3n) is 6.69. The van der Waals surface area contributed by atoms with Crippen LogP contribution in [0.25, 0.3) is 5.78 Å². The lowest BCUT2D eigenvalue weighted by molar-refractivity contribution is 0.0930. The van der Waals surface area contributed by atoms with E-state index in [0.29, 0.717) is 17.5 Å². The van der Waals surface area contributed by atoms with Crippen LogP contribution in [0, 0.1) is 19.7 Å². The van der Waals surface area contributed by atoms with Crippen molar-refractivity contribution in [2.75, 3.05) is 0 Å². The lowest BCUT2D eigenvalue weighted by Gasteiger charge is -2.16. The Morgan fingerprint density at radius 2 is 1.92 bits per heavy atom. The SMILES string of the molecule is CC(=O)c1ccc2c(c1C)CC[C@@H]2NC(=O)c1cc(C(=O)NCc2ccc(F)c(C)c2)n2nnnc2n1. The maximum absolute atomic E-state index is 13.5. The van der Waals surface area contributed by atoms with Gasteiger partial charge in [-0.1, -0.05) is 29.4 Å². The Hall–Kier alpha value is -4.54. The number of tetrazole rings is 1. The molecule has 2 aromatic carbocycles. The predicted molar refractivity (Wildman–Crippen MR) is 131 cm³/mol. The molecule has 2 aromatic heterocycles. The second-order valence-electron chi connectivity index (χ2n) is 9.11. The van der Waals surface area contributed by atoms with Crippen LogP contribution in [0.1, 0.15) is 78.5 Å². The van der Waals surface area contributed by atoms with E-state index in [1.165, 1.54) is 12.1 Å². The van der Waals surface area contributed by atoms with Crippen molar-refractivity contribution in [1.29, 1.82) is 0 Å². The van der Waals surface area contributed by atoms with E-state index in [9.17, 15) is 18.8 Å². The first-order valence-electron chi connectivity index (χ1n) is 11.8. The van der Waals surface area contributed by atoms with Crippen LogP contribution in [0.4, 0.5) is 4.39 Å². The number of amides is 2. The summed E-state index contributed by atoms with van der Waals surface area (Å²) in [4.78, 5) is 42.3. The average molecular weight is 502 g/mol. The predicted octanol–water partition coefficient (Wildman–Crippen LogP) is 2.83. The highest BCUT2D eigenvalue weighted by Crippen LogP contribution is 2.35. The number of ketones is 1. The Bertz CT molecular complexity index is 1580. The number of Topliss-reactive ketones (excluding diaryl/α,β-unsaturated/α-hetero) is 1. The quantitative estimate of drug-likeness (QED) is 0.389. The summed E-state index contributed by atoms with van der Waals surface area (Å²) in [5, 5.41) is 16.9. The van der Waals surface area contributed by atoms with E-state index >= 15 is 0 Å². The lowest BCUT2D eigenvalue weighted by atomic mass is 9.96. The van der Waals surface area contributed by atoms with Gasteiger partial charge in [0.05, 0.1) is 6.04 Å². The van der Waals surface area contributed by atoms with Crippen molar-refractivity contribution >= 4 is 23.4 Å². The molecule has 0 saturated carbocycles. The summed E-state index contributed by atoms with van der Waals surface area (Å²) in [5.74, 6) is -1.31. The molecule has 5 rings (SSSR count). The Balaban J connectivity index is 1.37. The summed E-state index contributed by atoms with van der Waals surface area (Å²) in [6, 6.07) is 9.33.